The van der Waals surface area contributed by atoms with Crippen LogP contribution >= 0.6 is 0 Å². The Morgan fingerprint density at radius 1 is 0.722 bits per heavy atom. The molecule has 0 aromatic heterocycles. The third-order valence-corrected chi connectivity index (χ3v) is 4.18. The van der Waals surface area contributed by atoms with Crippen molar-refractivity contribution in [2.24, 2.45) is 0 Å². The Kier molecular flexibility index (Phi) is 4.83. The molecule has 2 aliphatic heterocycles. The van der Waals surface area contributed by atoms with E-state index in [2.05, 4.69) is 23.6 Å². The molecule has 2 fully saturated rings. The van der Waals surface area contributed by atoms with Crippen LogP contribution in [0.4, 0.5) is 4.79 Å². The van der Waals surface area contributed by atoms with Gasteiger partial charge in [-0.2, -0.15) is 0 Å². The summed E-state index contributed by atoms with van der Waals surface area (Å²) < 4.78 is 0. The van der Waals surface area contributed by atoms with Gasteiger partial charge in [0.15, 0.2) is 0 Å². The maximum Gasteiger partial charge on any atom is 0.320 e. The van der Waals surface area contributed by atoms with Gasteiger partial charge in [0.1, 0.15) is 0 Å². The first-order valence-electron chi connectivity index (χ1n) is 7.23. The largest absolute Gasteiger partial charge is 0.322 e. The third kappa shape index (κ3) is 3.14. The van der Waals surface area contributed by atoms with E-state index in [9.17, 15) is 4.79 Å². The van der Waals surface area contributed by atoms with E-state index in [1.54, 1.807) is 0 Å². The van der Waals surface area contributed by atoms with Crippen molar-refractivity contribution in [3.63, 3.8) is 0 Å². The van der Waals surface area contributed by atoms with Crippen LogP contribution in [0.25, 0.3) is 0 Å². The van der Waals surface area contributed by atoms with Gasteiger partial charge in [-0.25, -0.2) is 4.79 Å². The van der Waals surface area contributed by atoms with Gasteiger partial charge in [-0.1, -0.05) is 13.8 Å². The first kappa shape index (κ1) is 13.6. The quantitative estimate of drug-likeness (QED) is 0.714. The lowest BCUT2D eigenvalue weighted by atomic mass is 10.3. The summed E-state index contributed by atoms with van der Waals surface area (Å²) in [6, 6.07) is 0.251. The Morgan fingerprint density at radius 3 is 1.33 bits per heavy atom. The number of carbonyl (C=O) groups excluding carboxylic acids is 1. The molecule has 2 aliphatic rings. The molecule has 2 heterocycles. The van der Waals surface area contributed by atoms with Crippen LogP contribution < -0.4 is 0 Å². The Labute approximate surface area is 110 Å². The van der Waals surface area contributed by atoms with Crippen LogP contribution in [0.5, 0.6) is 0 Å². The summed E-state index contributed by atoms with van der Waals surface area (Å²) in [6.45, 7) is 14.2. The molecule has 0 bridgehead atoms. The van der Waals surface area contributed by atoms with Gasteiger partial charge in [0.25, 0.3) is 0 Å². The lowest BCUT2D eigenvalue weighted by Gasteiger charge is -2.40. The highest BCUT2D eigenvalue weighted by atomic mass is 16.2. The van der Waals surface area contributed by atoms with Crippen molar-refractivity contribution in [3.8, 4) is 0 Å². The molecular formula is C13H26N4O. The number of piperazine rings is 2. The van der Waals surface area contributed by atoms with Gasteiger partial charge in [-0.05, 0) is 13.1 Å². The zero-order valence-electron chi connectivity index (χ0n) is 11.8. The number of urea groups is 1. The molecule has 0 aliphatic carbocycles. The molecular weight excluding hydrogens is 228 g/mol. The second-order valence-electron chi connectivity index (χ2n) is 5.13. The topological polar surface area (TPSA) is 30.0 Å². The van der Waals surface area contributed by atoms with Crippen LogP contribution in [0.1, 0.15) is 13.8 Å². The molecule has 2 saturated heterocycles. The van der Waals surface area contributed by atoms with E-state index in [0.717, 1.165) is 65.4 Å². The molecule has 2 rings (SSSR count). The highest BCUT2D eigenvalue weighted by molar-refractivity contribution is 5.74. The molecule has 0 aromatic carbocycles. The van der Waals surface area contributed by atoms with Crippen molar-refractivity contribution in [1.82, 2.24) is 19.6 Å². The Bertz CT molecular complexity index is 242. The van der Waals surface area contributed by atoms with Crippen LogP contribution in [0.2, 0.25) is 0 Å². The lowest BCUT2D eigenvalue weighted by Crippen LogP contribution is -2.56. The normalized spacial score (nSPS) is 23.4. The van der Waals surface area contributed by atoms with Crippen LogP contribution in [-0.4, -0.2) is 91.1 Å². The number of likely N-dealkylation sites (N-methyl/N-ethyl adjacent to an activating group) is 2. The highest BCUT2D eigenvalue weighted by Gasteiger charge is 2.26. The van der Waals surface area contributed by atoms with Crippen LogP contribution in [-0.2, 0) is 0 Å². The molecule has 0 spiro atoms. The van der Waals surface area contributed by atoms with Crippen molar-refractivity contribution in [2.45, 2.75) is 13.8 Å². The molecule has 0 aromatic rings. The minimum absolute atomic E-state index is 0.251. The average Bonchev–Trinajstić information content (AvgIpc) is 2.47. The molecule has 2 amide bonds. The van der Waals surface area contributed by atoms with E-state index in [4.69, 9.17) is 0 Å². The molecule has 0 atom stereocenters. The van der Waals surface area contributed by atoms with Crippen molar-refractivity contribution in [2.75, 3.05) is 65.4 Å². The Morgan fingerprint density at radius 2 is 1.06 bits per heavy atom. The van der Waals surface area contributed by atoms with Gasteiger partial charge in [-0.3, -0.25) is 0 Å². The SMILES string of the molecule is CCN1CCN(C(=O)N2CCN(CC)CC2)CC1. The number of hydrogen-bond donors (Lipinski definition) is 0. The number of carbonyl (C=O) groups is 1. The number of hydrogen-bond acceptors (Lipinski definition) is 3. The fraction of sp³-hybridized carbons (Fsp3) is 0.923. The number of amides is 2. The van der Waals surface area contributed by atoms with Gasteiger partial charge in [0.05, 0.1) is 0 Å². The smallest absolute Gasteiger partial charge is 0.320 e. The first-order valence-corrected chi connectivity index (χ1v) is 7.23. The van der Waals surface area contributed by atoms with Gasteiger partial charge in [0.2, 0.25) is 0 Å². The average molecular weight is 254 g/mol. The maximum absolute atomic E-state index is 12.4. The maximum atomic E-state index is 12.4. The Balaban J connectivity index is 1.78. The minimum atomic E-state index is 0.251. The molecule has 0 unspecified atom stereocenters. The molecule has 5 nitrogen and oxygen atoms in total. The summed E-state index contributed by atoms with van der Waals surface area (Å²) in [5.74, 6) is 0. The fourth-order valence-electron chi connectivity index (χ4n) is 2.71. The van der Waals surface area contributed by atoms with Crippen molar-refractivity contribution < 1.29 is 4.79 Å². The Hall–Kier alpha value is -0.810. The summed E-state index contributed by atoms with van der Waals surface area (Å²) in [6.07, 6.45) is 0. The van der Waals surface area contributed by atoms with Crippen molar-refractivity contribution in [3.05, 3.63) is 0 Å². The van der Waals surface area contributed by atoms with E-state index >= 15 is 0 Å². The van der Waals surface area contributed by atoms with Crippen LogP contribution in [0.3, 0.4) is 0 Å². The lowest BCUT2D eigenvalue weighted by molar-refractivity contribution is 0.0930. The van der Waals surface area contributed by atoms with Gasteiger partial charge < -0.3 is 19.6 Å². The van der Waals surface area contributed by atoms with Crippen molar-refractivity contribution >= 4 is 6.03 Å². The van der Waals surface area contributed by atoms with Crippen LogP contribution in [0, 0.1) is 0 Å². The zero-order chi connectivity index (χ0) is 13.0. The molecule has 0 saturated carbocycles. The van der Waals surface area contributed by atoms with Gasteiger partial charge in [0, 0.05) is 52.4 Å². The monoisotopic (exact) mass is 254 g/mol. The summed E-state index contributed by atoms with van der Waals surface area (Å²) in [4.78, 5) is 21.2. The molecule has 104 valence electrons. The highest BCUT2D eigenvalue weighted by Crippen LogP contribution is 2.08. The molecule has 0 radical (unpaired) electrons. The van der Waals surface area contributed by atoms with E-state index in [1.807, 2.05) is 9.80 Å². The third-order valence-electron chi connectivity index (χ3n) is 4.18. The van der Waals surface area contributed by atoms with E-state index in [0.29, 0.717) is 0 Å². The van der Waals surface area contributed by atoms with Gasteiger partial charge >= 0.3 is 6.03 Å². The zero-order valence-corrected chi connectivity index (χ0v) is 11.8. The summed E-state index contributed by atoms with van der Waals surface area (Å²) >= 11 is 0. The number of rotatable bonds is 2. The van der Waals surface area contributed by atoms with Crippen LogP contribution in [0.15, 0.2) is 0 Å². The number of nitrogens with zero attached hydrogens (tertiary/aromatic N) is 4. The predicted octanol–water partition coefficient (Wildman–Crippen LogP) is 0.381. The second-order valence-corrected chi connectivity index (χ2v) is 5.13. The fourth-order valence-corrected chi connectivity index (χ4v) is 2.71. The standard InChI is InChI=1S/C13H26N4O/c1-3-14-5-9-16(10-6-14)13(18)17-11-7-15(4-2)8-12-17/h3-12H2,1-2H3. The predicted molar refractivity (Wildman–Crippen MR) is 72.8 cm³/mol. The summed E-state index contributed by atoms with van der Waals surface area (Å²) in [5, 5.41) is 0. The first-order chi connectivity index (χ1) is 8.74. The van der Waals surface area contributed by atoms with E-state index < -0.39 is 0 Å². The molecule has 0 N–H and O–H groups in total. The van der Waals surface area contributed by atoms with E-state index in [-0.39, 0.29) is 6.03 Å². The minimum Gasteiger partial charge on any atom is -0.322 e. The second kappa shape index (κ2) is 6.38. The molecule has 5 heteroatoms. The molecule has 18 heavy (non-hydrogen) atoms. The van der Waals surface area contributed by atoms with Gasteiger partial charge in [-0.15, -0.1) is 0 Å². The van der Waals surface area contributed by atoms with E-state index in [1.165, 1.54) is 0 Å². The van der Waals surface area contributed by atoms with Crippen molar-refractivity contribution in [1.29, 1.82) is 0 Å². The summed E-state index contributed by atoms with van der Waals surface area (Å²) in [5.41, 5.74) is 0. The summed E-state index contributed by atoms with van der Waals surface area (Å²) in [7, 11) is 0.